The first-order valence-corrected chi connectivity index (χ1v) is 7.85. The maximum atomic E-state index is 5.98. The molecule has 2 unspecified atom stereocenters. The van der Waals surface area contributed by atoms with Crippen molar-refractivity contribution in [3.8, 4) is 0 Å². The number of rotatable bonds is 5. The van der Waals surface area contributed by atoms with Gasteiger partial charge in [0.25, 0.3) is 0 Å². The number of hydrogen-bond donors (Lipinski definition) is 1. The Labute approximate surface area is 123 Å². The quantitative estimate of drug-likeness (QED) is 0.874. The average molecular weight is 279 g/mol. The van der Waals surface area contributed by atoms with Crippen LogP contribution in [0, 0.1) is 5.92 Å². The van der Waals surface area contributed by atoms with E-state index in [2.05, 4.69) is 39.1 Å². The molecule has 0 saturated heterocycles. The van der Waals surface area contributed by atoms with E-state index in [1.807, 2.05) is 6.26 Å². The second-order valence-electron chi connectivity index (χ2n) is 7.23. The summed E-state index contributed by atoms with van der Waals surface area (Å²) in [7, 11) is 0. The summed E-state index contributed by atoms with van der Waals surface area (Å²) in [5, 5.41) is 3.46. The average Bonchev–Trinajstić information content (AvgIpc) is 2.81. The molecule has 3 nitrogen and oxygen atoms in total. The van der Waals surface area contributed by atoms with Gasteiger partial charge in [-0.2, -0.15) is 0 Å². The number of ether oxygens (including phenoxy) is 1. The van der Waals surface area contributed by atoms with Crippen LogP contribution in [0.3, 0.4) is 0 Å². The lowest BCUT2D eigenvalue weighted by Crippen LogP contribution is -2.34. The van der Waals surface area contributed by atoms with E-state index >= 15 is 0 Å². The van der Waals surface area contributed by atoms with Gasteiger partial charge in [0.1, 0.15) is 12.4 Å². The molecule has 1 heterocycles. The maximum absolute atomic E-state index is 5.98. The lowest BCUT2D eigenvalue weighted by atomic mass is 9.89. The highest BCUT2D eigenvalue weighted by molar-refractivity contribution is 5.12. The fraction of sp³-hybridized carbons (Fsp3) is 0.765. The third-order valence-corrected chi connectivity index (χ3v) is 3.88. The molecule has 2 rings (SSSR count). The number of furan rings is 1. The molecule has 0 aliphatic heterocycles. The minimum atomic E-state index is 0.131. The first-order valence-electron chi connectivity index (χ1n) is 7.85. The minimum Gasteiger partial charge on any atom is -0.467 e. The summed E-state index contributed by atoms with van der Waals surface area (Å²) in [6, 6.07) is 2.10. The first kappa shape index (κ1) is 15.6. The molecule has 20 heavy (non-hydrogen) atoms. The zero-order valence-electron chi connectivity index (χ0n) is 13.4. The molecular weight excluding hydrogens is 250 g/mol. The highest BCUT2D eigenvalue weighted by atomic mass is 16.5. The molecule has 1 aliphatic rings. The number of nitrogens with one attached hydrogen (secondary N) is 1. The van der Waals surface area contributed by atoms with Crippen LogP contribution < -0.4 is 5.32 Å². The van der Waals surface area contributed by atoms with E-state index in [0.717, 1.165) is 18.2 Å². The Morgan fingerprint density at radius 3 is 2.85 bits per heavy atom. The second kappa shape index (κ2) is 6.77. The molecule has 1 saturated carbocycles. The van der Waals surface area contributed by atoms with Crippen LogP contribution in [0.1, 0.15) is 64.7 Å². The molecule has 1 aromatic heterocycles. The summed E-state index contributed by atoms with van der Waals surface area (Å²) in [4.78, 5) is 0. The van der Waals surface area contributed by atoms with E-state index in [0.29, 0.717) is 12.7 Å². The molecule has 0 radical (unpaired) electrons. The zero-order chi connectivity index (χ0) is 14.6. The highest BCUT2D eigenvalue weighted by Crippen LogP contribution is 2.26. The van der Waals surface area contributed by atoms with Crippen LogP contribution >= 0.6 is 0 Å². The third-order valence-electron chi connectivity index (χ3n) is 3.88. The molecular formula is C17H29NO2. The summed E-state index contributed by atoms with van der Waals surface area (Å²) in [6.45, 7) is 10.3. The summed E-state index contributed by atoms with van der Waals surface area (Å²) in [6.07, 6.45) is 7.29. The van der Waals surface area contributed by atoms with Gasteiger partial charge in [-0.1, -0.05) is 19.8 Å². The van der Waals surface area contributed by atoms with E-state index < -0.39 is 0 Å². The standard InChI is InChI=1S/C17H29NO2/c1-13-6-5-7-15(8-13)20-12-16-9-14(11-19-16)10-18-17(2,3)4/h9,11,13,15,18H,5-8,10,12H2,1-4H3. The Balaban J connectivity index is 1.75. The van der Waals surface area contributed by atoms with Gasteiger partial charge in [-0.05, 0) is 45.6 Å². The summed E-state index contributed by atoms with van der Waals surface area (Å²) < 4.78 is 11.6. The van der Waals surface area contributed by atoms with Gasteiger partial charge in [0.05, 0.1) is 12.4 Å². The number of hydrogen-bond acceptors (Lipinski definition) is 3. The van der Waals surface area contributed by atoms with Gasteiger partial charge < -0.3 is 14.5 Å². The molecule has 1 aromatic rings. The van der Waals surface area contributed by atoms with Crippen molar-refractivity contribution in [1.82, 2.24) is 5.32 Å². The molecule has 1 fully saturated rings. The van der Waals surface area contributed by atoms with E-state index in [1.165, 1.54) is 31.2 Å². The van der Waals surface area contributed by atoms with Crippen molar-refractivity contribution in [2.75, 3.05) is 0 Å². The lowest BCUT2D eigenvalue weighted by Gasteiger charge is -2.26. The topological polar surface area (TPSA) is 34.4 Å². The SMILES string of the molecule is CC1CCCC(OCc2cc(CNC(C)(C)C)co2)C1. The molecule has 0 spiro atoms. The van der Waals surface area contributed by atoms with Gasteiger partial charge >= 0.3 is 0 Å². The predicted molar refractivity (Wildman–Crippen MR) is 81.5 cm³/mol. The van der Waals surface area contributed by atoms with Crippen molar-refractivity contribution >= 4 is 0 Å². The van der Waals surface area contributed by atoms with Gasteiger partial charge in [0, 0.05) is 17.6 Å². The maximum Gasteiger partial charge on any atom is 0.129 e. The Morgan fingerprint density at radius 1 is 1.35 bits per heavy atom. The van der Waals surface area contributed by atoms with Gasteiger partial charge in [0.2, 0.25) is 0 Å². The van der Waals surface area contributed by atoms with Crippen molar-refractivity contribution in [2.45, 2.75) is 78.2 Å². The molecule has 2 atom stereocenters. The highest BCUT2D eigenvalue weighted by Gasteiger charge is 2.19. The Morgan fingerprint density at radius 2 is 2.15 bits per heavy atom. The zero-order valence-corrected chi connectivity index (χ0v) is 13.4. The molecule has 1 N–H and O–H groups in total. The normalized spacial score (nSPS) is 24.0. The van der Waals surface area contributed by atoms with Crippen LogP contribution in [0.15, 0.2) is 16.7 Å². The van der Waals surface area contributed by atoms with Crippen molar-refractivity contribution in [3.05, 3.63) is 23.7 Å². The van der Waals surface area contributed by atoms with E-state index in [1.54, 1.807) is 0 Å². The molecule has 0 bridgehead atoms. The fourth-order valence-corrected chi connectivity index (χ4v) is 2.69. The van der Waals surface area contributed by atoms with Crippen LogP contribution in [-0.4, -0.2) is 11.6 Å². The van der Waals surface area contributed by atoms with Crippen molar-refractivity contribution in [1.29, 1.82) is 0 Å². The van der Waals surface area contributed by atoms with Crippen LogP contribution in [0.4, 0.5) is 0 Å². The van der Waals surface area contributed by atoms with E-state index in [-0.39, 0.29) is 5.54 Å². The van der Waals surface area contributed by atoms with Gasteiger partial charge in [-0.3, -0.25) is 0 Å². The third kappa shape index (κ3) is 5.29. The minimum absolute atomic E-state index is 0.131. The monoisotopic (exact) mass is 279 g/mol. The van der Waals surface area contributed by atoms with Crippen LogP contribution in [0.25, 0.3) is 0 Å². The molecule has 0 amide bonds. The molecule has 114 valence electrons. The lowest BCUT2D eigenvalue weighted by molar-refractivity contribution is -0.00264. The van der Waals surface area contributed by atoms with Crippen LogP contribution in [-0.2, 0) is 17.9 Å². The van der Waals surface area contributed by atoms with Crippen LogP contribution in [0.5, 0.6) is 0 Å². The van der Waals surface area contributed by atoms with E-state index in [9.17, 15) is 0 Å². The predicted octanol–water partition coefficient (Wildman–Crippen LogP) is 4.26. The smallest absolute Gasteiger partial charge is 0.129 e. The summed E-state index contributed by atoms with van der Waals surface area (Å²) in [5.41, 5.74) is 1.32. The van der Waals surface area contributed by atoms with Gasteiger partial charge in [-0.15, -0.1) is 0 Å². The first-order chi connectivity index (χ1) is 9.42. The van der Waals surface area contributed by atoms with Crippen molar-refractivity contribution < 1.29 is 9.15 Å². The molecule has 3 heteroatoms. The van der Waals surface area contributed by atoms with Gasteiger partial charge in [-0.25, -0.2) is 0 Å². The fourth-order valence-electron chi connectivity index (χ4n) is 2.69. The Bertz CT molecular complexity index is 405. The van der Waals surface area contributed by atoms with E-state index in [4.69, 9.17) is 9.15 Å². The summed E-state index contributed by atoms with van der Waals surface area (Å²) in [5.74, 6) is 1.74. The van der Waals surface area contributed by atoms with Crippen LogP contribution in [0.2, 0.25) is 0 Å². The Hall–Kier alpha value is -0.800. The molecule has 0 aromatic carbocycles. The Kier molecular flexibility index (Phi) is 5.28. The van der Waals surface area contributed by atoms with Crippen molar-refractivity contribution in [2.24, 2.45) is 5.92 Å². The summed E-state index contributed by atoms with van der Waals surface area (Å²) >= 11 is 0. The largest absolute Gasteiger partial charge is 0.467 e. The second-order valence-corrected chi connectivity index (χ2v) is 7.23. The molecule has 1 aliphatic carbocycles. The van der Waals surface area contributed by atoms with Gasteiger partial charge in [0.15, 0.2) is 0 Å². The van der Waals surface area contributed by atoms with Crippen molar-refractivity contribution in [3.63, 3.8) is 0 Å².